The third-order valence-corrected chi connectivity index (χ3v) is 3.52. The molecule has 2 aromatic rings. The number of anilines is 1. The van der Waals surface area contributed by atoms with Crippen molar-refractivity contribution < 1.29 is 14.6 Å². The van der Waals surface area contributed by atoms with Gasteiger partial charge in [-0.1, -0.05) is 0 Å². The highest BCUT2D eigenvalue weighted by atomic mass is 16.5. The van der Waals surface area contributed by atoms with E-state index in [-0.39, 0.29) is 12.3 Å². The van der Waals surface area contributed by atoms with Crippen molar-refractivity contribution in [3.63, 3.8) is 0 Å². The van der Waals surface area contributed by atoms with Crippen molar-refractivity contribution in [2.24, 2.45) is 5.73 Å². The van der Waals surface area contributed by atoms with E-state index in [2.05, 4.69) is 4.98 Å². The lowest BCUT2D eigenvalue weighted by Gasteiger charge is -2.20. The number of carbonyl (C=O) groups excluding carboxylic acids is 1. The number of H-pyrrole nitrogens is 1. The number of primary amides is 1. The number of aromatic amines is 1. The molecule has 6 heteroatoms. The summed E-state index contributed by atoms with van der Waals surface area (Å²) in [5, 5.41) is 11.4. The van der Waals surface area contributed by atoms with Gasteiger partial charge in [-0.25, -0.2) is 0 Å². The van der Waals surface area contributed by atoms with Gasteiger partial charge in [0.1, 0.15) is 0 Å². The van der Waals surface area contributed by atoms with Crippen LogP contribution in [-0.4, -0.2) is 36.2 Å². The van der Waals surface area contributed by atoms with Crippen LogP contribution in [0.15, 0.2) is 12.3 Å². The van der Waals surface area contributed by atoms with Gasteiger partial charge in [0.15, 0.2) is 11.5 Å². The molecule has 1 amide bonds. The number of fused-ring (bicyclic) bond motifs is 3. The number of rotatable bonds is 3. The van der Waals surface area contributed by atoms with Crippen LogP contribution in [0.2, 0.25) is 0 Å². The van der Waals surface area contributed by atoms with E-state index in [1.807, 2.05) is 12.3 Å². The SMILES string of the molecule is COc1c(O)c2c(c3cc[nH]c13)CCN2CC(N)=O. The van der Waals surface area contributed by atoms with Gasteiger partial charge in [0.05, 0.1) is 24.9 Å². The van der Waals surface area contributed by atoms with Gasteiger partial charge >= 0.3 is 0 Å². The molecule has 0 unspecified atom stereocenters. The lowest BCUT2D eigenvalue weighted by atomic mass is 10.1. The number of benzene rings is 1. The number of hydrogen-bond acceptors (Lipinski definition) is 4. The van der Waals surface area contributed by atoms with Crippen LogP contribution < -0.4 is 15.4 Å². The summed E-state index contributed by atoms with van der Waals surface area (Å²) in [4.78, 5) is 16.0. The summed E-state index contributed by atoms with van der Waals surface area (Å²) in [5.41, 5.74) is 7.70. The zero-order valence-electron chi connectivity index (χ0n) is 10.6. The number of ether oxygens (including phenoxy) is 1. The molecule has 0 aliphatic carbocycles. The molecule has 0 atom stereocenters. The minimum atomic E-state index is -0.416. The maximum absolute atomic E-state index is 11.1. The van der Waals surface area contributed by atoms with Gasteiger partial charge in [0.2, 0.25) is 5.91 Å². The Morgan fingerprint density at radius 1 is 1.63 bits per heavy atom. The van der Waals surface area contributed by atoms with Crippen LogP contribution in [0.3, 0.4) is 0 Å². The number of hydrogen-bond donors (Lipinski definition) is 3. The Labute approximate surface area is 109 Å². The largest absolute Gasteiger partial charge is 0.503 e. The summed E-state index contributed by atoms with van der Waals surface area (Å²) < 4.78 is 5.27. The van der Waals surface area contributed by atoms with Crippen LogP contribution in [0.1, 0.15) is 5.56 Å². The van der Waals surface area contributed by atoms with E-state index in [4.69, 9.17) is 10.5 Å². The molecule has 19 heavy (non-hydrogen) atoms. The number of nitrogens with two attached hydrogens (primary N) is 1. The first-order valence-corrected chi connectivity index (χ1v) is 6.05. The molecule has 0 saturated carbocycles. The van der Waals surface area contributed by atoms with Gasteiger partial charge in [-0.2, -0.15) is 0 Å². The molecular weight excluding hydrogens is 246 g/mol. The second kappa shape index (κ2) is 4.08. The van der Waals surface area contributed by atoms with Crippen LogP contribution in [0.5, 0.6) is 11.5 Å². The molecule has 0 fully saturated rings. The van der Waals surface area contributed by atoms with Crippen molar-refractivity contribution in [3.8, 4) is 11.5 Å². The molecule has 6 nitrogen and oxygen atoms in total. The van der Waals surface area contributed by atoms with Crippen LogP contribution in [0, 0.1) is 0 Å². The molecule has 3 rings (SSSR count). The Kier molecular flexibility index (Phi) is 2.51. The average molecular weight is 261 g/mol. The number of aromatic nitrogens is 1. The van der Waals surface area contributed by atoms with Gasteiger partial charge in [0, 0.05) is 18.1 Å². The minimum Gasteiger partial charge on any atom is -0.503 e. The molecule has 1 aromatic heterocycles. The number of amides is 1. The van der Waals surface area contributed by atoms with Gasteiger partial charge in [-0.15, -0.1) is 0 Å². The van der Waals surface area contributed by atoms with E-state index in [0.29, 0.717) is 18.0 Å². The Bertz CT molecular complexity index is 663. The first-order chi connectivity index (χ1) is 9.13. The highest BCUT2D eigenvalue weighted by Gasteiger charge is 2.29. The van der Waals surface area contributed by atoms with E-state index in [1.165, 1.54) is 7.11 Å². The highest BCUT2D eigenvalue weighted by Crippen LogP contribution is 2.48. The molecule has 4 N–H and O–H groups in total. The van der Waals surface area contributed by atoms with Crippen molar-refractivity contribution in [2.75, 3.05) is 25.1 Å². The number of nitrogens with zero attached hydrogens (tertiary/aromatic N) is 1. The summed E-state index contributed by atoms with van der Waals surface area (Å²) in [5.74, 6) is 0.0432. The third kappa shape index (κ3) is 1.60. The average Bonchev–Trinajstić information content (AvgIpc) is 2.95. The summed E-state index contributed by atoms with van der Waals surface area (Å²) in [7, 11) is 1.51. The van der Waals surface area contributed by atoms with Crippen molar-refractivity contribution in [1.29, 1.82) is 0 Å². The minimum absolute atomic E-state index is 0.0613. The second-order valence-electron chi connectivity index (χ2n) is 4.61. The van der Waals surface area contributed by atoms with Crippen LogP contribution in [-0.2, 0) is 11.2 Å². The summed E-state index contributed by atoms with van der Waals surface area (Å²) in [6.45, 7) is 0.763. The fourth-order valence-electron chi connectivity index (χ4n) is 2.80. The van der Waals surface area contributed by atoms with Crippen LogP contribution in [0.4, 0.5) is 5.69 Å². The zero-order valence-corrected chi connectivity index (χ0v) is 10.6. The number of nitrogens with one attached hydrogen (secondary N) is 1. The van der Waals surface area contributed by atoms with Crippen molar-refractivity contribution in [2.45, 2.75) is 6.42 Å². The number of phenols is 1. The molecule has 1 aliphatic heterocycles. The maximum atomic E-state index is 11.1. The highest BCUT2D eigenvalue weighted by molar-refractivity contribution is 5.99. The van der Waals surface area contributed by atoms with Gasteiger partial charge < -0.3 is 25.5 Å². The van der Waals surface area contributed by atoms with E-state index in [0.717, 1.165) is 22.9 Å². The predicted octanol–water partition coefficient (Wildman–Crippen LogP) is 0.730. The Morgan fingerprint density at radius 2 is 2.42 bits per heavy atom. The molecule has 2 heterocycles. The molecule has 1 aliphatic rings. The lowest BCUT2D eigenvalue weighted by Crippen LogP contribution is -2.32. The van der Waals surface area contributed by atoms with E-state index in [1.54, 1.807) is 4.90 Å². The number of carbonyl (C=O) groups is 1. The summed E-state index contributed by atoms with van der Waals surface area (Å²) >= 11 is 0. The summed E-state index contributed by atoms with van der Waals surface area (Å²) in [6.07, 6.45) is 2.58. The van der Waals surface area contributed by atoms with Gasteiger partial charge in [0.25, 0.3) is 0 Å². The number of methoxy groups -OCH3 is 1. The maximum Gasteiger partial charge on any atom is 0.236 e. The van der Waals surface area contributed by atoms with Crippen molar-refractivity contribution in [3.05, 3.63) is 17.8 Å². The van der Waals surface area contributed by atoms with Crippen LogP contribution in [0.25, 0.3) is 10.9 Å². The number of aromatic hydroxyl groups is 1. The molecule has 0 saturated heterocycles. The Balaban J connectivity index is 2.24. The van der Waals surface area contributed by atoms with E-state index < -0.39 is 5.91 Å². The normalized spacial score (nSPS) is 13.8. The second-order valence-corrected chi connectivity index (χ2v) is 4.61. The van der Waals surface area contributed by atoms with Crippen molar-refractivity contribution >= 4 is 22.5 Å². The zero-order chi connectivity index (χ0) is 13.6. The molecule has 0 radical (unpaired) electrons. The topological polar surface area (TPSA) is 91.6 Å². The van der Waals surface area contributed by atoms with E-state index in [9.17, 15) is 9.90 Å². The Morgan fingerprint density at radius 3 is 3.11 bits per heavy atom. The molecule has 0 bridgehead atoms. The van der Waals surface area contributed by atoms with Gasteiger partial charge in [-0.05, 0) is 18.1 Å². The molecular formula is C13H15N3O3. The third-order valence-electron chi connectivity index (χ3n) is 3.52. The molecule has 1 aromatic carbocycles. The molecule has 100 valence electrons. The first-order valence-electron chi connectivity index (χ1n) is 6.05. The fourth-order valence-corrected chi connectivity index (χ4v) is 2.80. The standard InChI is InChI=1S/C13H15N3O3/c1-19-13-10-7(2-4-15-10)8-3-5-16(6-9(14)17)11(8)12(13)18/h2,4,15,18H,3,5-6H2,1H3,(H2,14,17). The Hall–Kier alpha value is -2.37. The predicted molar refractivity (Wildman–Crippen MR) is 71.6 cm³/mol. The smallest absolute Gasteiger partial charge is 0.236 e. The quantitative estimate of drug-likeness (QED) is 0.759. The lowest BCUT2D eigenvalue weighted by molar-refractivity contribution is -0.116. The molecule has 0 spiro atoms. The summed E-state index contributed by atoms with van der Waals surface area (Å²) in [6, 6.07) is 1.95. The van der Waals surface area contributed by atoms with E-state index >= 15 is 0 Å². The van der Waals surface area contributed by atoms with Crippen molar-refractivity contribution in [1.82, 2.24) is 4.98 Å². The monoisotopic (exact) mass is 261 g/mol. The van der Waals surface area contributed by atoms with Gasteiger partial charge in [-0.3, -0.25) is 4.79 Å². The fraction of sp³-hybridized carbons (Fsp3) is 0.308. The van der Waals surface area contributed by atoms with Crippen LogP contribution >= 0.6 is 0 Å². The first kappa shape index (κ1) is 11.7. The number of phenolic OH excluding ortho intramolecular Hbond substituents is 1.